The van der Waals surface area contributed by atoms with Crippen molar-refractivity contribution in [3.05, 3.63) is 47.3 Å². The van der Waals surface area contributed by atoms with Crippen molar-refractivity contribution < 1.29 is 22.4 Å². The maximum Gasteiger partial charge on any atom is 0.275 e. The first kappa shape index (κ1) is 24.8. The van der Waals surface area contributed by atoms with Crippen LogP contribution in [-0.4, -0.2) is 65.6 Å². The molecule has 3 aromatic rings. The Balaban J connectivity index is 1.61. The number of halogens is 5. The van der Waals surface area contributed by atoms with E-state index in [0.717, 1.165) is 17.3 Å². The number of likely N-dealkylation sites (tertiary alicyclic amines) is 1. The summed E-state index contributed by atoms with van der Waals surface area (Å²) in [5.41, 5.74) is -0.152. The maximum atomic E-state index is 14.5. The van der Waals surface area contributed by atoms with Crippen LogP contribution in [0, 0.1) is 5.92 Å². The van der Waals surface area contributed by atoms with Gasteiger partial charge in [0.15, 0.2) is 11.5 Å². The van der Waals surface area contributed by atoms with Crippen molar-refractivity contribution in [1.82, 2.24) is 34.6 Å². The van der Waals surface area contributed by atoms with Crippen molar-refractivity contribution in [1.29, 1.82) is 0 Å². The quantitative estimate of drug-likeness (QED) is 0.500. The number of alkyl halides is 4. The molecule has 1 fully saturated rings. The molecule has 0 bridgehead atoms. The Kier molecular flexibility index (Phi) is 6.88. The van der Waals surface area contributed by atoms with Gasteiger partial charge in [-0.25, -0.2) is 37.5 Å². The van der Waals surface area contributed by atoms with Gasteiger partial charge in [-0.15, -0.1) is 0 Å². The van der Waals surface area contributed by atoms with Crippen molar-refractivity contribution >= 4 is 23.5 Å². The fraction of sp³-hybridized carbons (Fsp3) is 0.429. The van der Waals surface area contributed by atoms with E-state index in [9.17, 15) is 22.4 Å². The van der Waals surface area contributed by atoms with Gasteiger partial charge in [-0.1, -0.05) is 18.5 Å². The Morgan fingerprint density at radius 3 is 2.49 bits per heavy atom. The van der Waals surface area contributed by atoms with E-state index in [1.54, 1.807) is 14.0 Å². The molecule has 4 heterocycles. The minimum absolute atomic E-state index is 0.0244. The smallest absolute Gasteiger partial charge is 0.275 e. The van der Waals surface area contributed by atoms with Gasteiger partial charge in [-0.3, -0.25) is 9.48 Å². The number of nitrogens with one attached hydrogen (secondary N) is 1. The molecule has 9 nitrogen and oxygen atoms in total. The Morgan fingerprint density at radius 1 is 1.20 bits per heavy atom. The van der Waals surface area contributed by atoms with E-state index in [-0.39, 0.29) is 35.1 Å². The minimum atomic E-state index is -3.10. The molecule has 14 heteroatoms. The zero-order valence-electron chi connectivity index (χ0n) is 18.7. The highest BCUT2D eigenvalue weighted by Gasteiger charge is 2.47. The number of carbonyl (C=O) groups excluding carboxylic acids is 1. The van der Waals surface area contributed by atoms with Crippen LogP contribution in [0.5, 0.6) is 0 Å². The molecule has 3 aromatic heterocycles. The highest BCUT2D eigenvalue weighted by molar-refractivity contribution is 6.30. The van der Waals surface area contributed by atoms with E-state index in [4.69, 9.17) is 11.6 Å². The standard InChI is InChI=1S/C21H21ClF4N8O/c1-11-3-21(25,26)10-34(15(11)8-31-20-29-4-12(5-30-20)17(23)24)19(35)16-14(9-33(2)32-16)18-27-6-13(22)7-28-18/h4-7,9,11,15,17H,3,8,10H2,1-2H3,(H,29,30,31)/t11-,15?/m1/s1. The highest BCUT2D eigenvalue weighted by atomic mass is 35.5. The first-order chi connectivity index (χ1) is 16.5. The molecule has 2 atom stereocenters. The van der Waals surface area contributed by atoms with Crippen molar-refractivity contribution in [2.24, 2.45) is 13.0 Å². The molecule has 1 amide bonds. The molecular formula is C21H21ClF4N8O. The summed E-state index contributed by atoms with van der Waals surface area (Å²) in [5.74, 6) is -4.21. The molecule has 35 heavy (non-hydrogen) atoms. The average molecular weight is 513 g/mol. The Bertz CT molecular complexity index is 1190. The number of nitrogens with zero attached hydrogens (tertiary/aromatic N) is 7. The van der Waals surface area contributed by atoms with Gasteiger partial charge in [0.25, 0.3) is 18.3 Å². The first-order valence-electron chi connectivity index (χ1n) is 10.6. The molecular weight excluding hydrogens is 492 g/mol. The zero-order valence-corrected chi connectivity index (χ0v) is 19.4. The van der Waals surface area contributed by atoms with Crippen molar-refractivity contribution in [3.63, 3.8) is 0 Å². The number of rotatable bonds is 6. The molecule has 1 aliphatic rings. The van der Waals surface area contributed by atoms with Crippen molar-refractivity contribution in [2.75, 3.05) is 18.4 Å². The lowest BCUT2D eigenvalue weighted by atomic mass is 9.88. The summed E-state index contributed by atoms with van der Waals surface area (Å²) < 4.78 is 55.9. The first-order valence-corrected chi connectivity index (χ1v) is 11.0. The number of carbonyl (C=O) groups is 1. The average Bonchev–Trinajstić information content (AvgIpc) is 3.19. The second kappa shape index (κ2) is 9.72. The predicted molar refractivity (Wildman–Crippen MR) is 118 cm³/mol. The van der Waals surface area contributed by atoms with Crippen LogP contribution >= 0.6 is 11.6 Å². The predicted octanol–water partition coefficient (Wildman–Crippen LogP) is 3.86. The van der Waals surface area contributed by atoms with E-state index in [2.05, 4.69) is 30.4 Å². The normalized spacial score (nSPS) is 19.7. The zero-order chi connectivity index (χ0) is 25.3. The minimum Gasteiger partial charge on any atom is -0.352 e. The second-order valence-electron chi connectivity index (χ2n) is 8.35. The second-order valence-corrected chi connectivity index (χ2v) is 8.79. The van der Waals surface area contributed by atoms with Crippen molar-refractivity contribution in [3.8, 4) is 11.4 Å². The SMILES string of the molecule is C[C@@H]1CC(F)(F)CN(C(=O)c2nn(C)cc2-c2ncc(Cl)cn2)C1CNc1ncc(C(F)F)cn1. The fourth-order valence-corrected chi connectivity index (χ4v) is 4.11. The Hall–Kier alpha value is -3.35. The number of aryl methyl sites for hydroxylation is 1. The molecule has 0 aromatic carbocycles. The van der Waals surface area contributed by atoms with Gasteiger partial charge in [-0.2, -0.15) is 5.10 Å². The fourth-order valence-electron chi connectivity index (χ4n) is 4.01. The van der Waals surface area contributed by atoms with Crippen LogP contribution in [0.3, 0.4) is 0 Å². The van der Waals surface area contributed by atoms with Gasteiger partial charge >= 0.3 is 0 Å². The van der Waals surface area contributed by atoms with Gasteiger partial charge in [0.1, 0.15) is 0 Å². The third kappa shape index (κ3) is 5.50. The lowest BCUT2D eigenvalue weighted by Crippen LogP contribution is -2.57. The molecule has 186 valence electrons. The molecule has 4 rings (SSSR count). The Labute approximate surface area is 202 Å². The molecule has 0 aliphatic carbocycles. The van der Waals surface area contributed by atoms with Crippen LogP contribution < -0.4 is 5.32 Å². The number of amides is 1. The summed E-state index contributed by atoms with van der Waals surface area (Å²) in [5, 5.41) is 7.35. The summed E-state index contributed by atoms with van der Waals surface area (Å²) in [4.78, 5) is 30.5. The molecule has 1 aliphatic heterocycles. The van der Waals surface area contributed by atoms with Crippen LogP contribution in [-0.2, 0) is 7.05 Å². The molecule has 0 saturated carbocycles. The molecule has 0 radical (unpaired) electrons. The van der Waals surface area contributed by atoms with Gasteiger partial charge in [0.05, 0.1) is 28.7 Å². The largest absolute Gasteiger partial charge is 0.352 e. The number of hydrogen-bond acceptors (Lipinski definition) is 7. The van der Waals surface area contributed by atoms with E-state index in [0.29, 0.717) is 5.02 Å². The monoisotopic (exact) mass is 512 g/mol. The lowest BCUT2D eigenvalue weighted by Gasteiger charge is -2.43. The van der Waals surface area contributed by atoms with E-state index < -0.39 is 43.2 Å². The molecule has 1 N–H and O–H groups in total. The molecule has 1 unspecified atom stereocenters. The van der Waals surface area contributed by atoms with Crippen LogP contribution in [0.2, 0.25) is 5.02 Å². The Morgan fingerprint density at radius 2 is 1.86 bits per heavy atom. The summed E-state index contributed by atoms with van der Waals surface area (Å²) in [6.07, 6.45) is 3.05. The maximum absolute atomic E-state index is 14.5. The van der Waals surface area contributed by atoms with Crippen LogP contribution in [0.1, 0.15) is 35.8 Å². The highest BCUT2D eigenvalue weighted by Crippen LogP contribution is 2.36. The van der Waals surface area contributed by atoms with Crippen LogP contribution in [0.4, 0.5) is 23.5 Å². The van der Waals surface area contributed by atoms with Gasteiger partial charge < -0.3 is 10.2 Å². The van der Waals surface area contributed by atoms with E-state index in [1.165, 1.54) is 23.3 Å². The molecule has 1 saturated heterocycles. The third-order valence-corrected chi connectivity index (χ3v) is 5.82. The number of aromatic nitrogens is 6. The summed E-state index contributed by atoms with van der Waals surface area (Å²) in [6, 6.07) is -0.679. The summed E-state index contributed by atoms with van der Waals surface area (Å²) in [6.45, 7) is 0.823. The lowest BCUT2D eigenvalue weighted by molar-refractivity contribution is -0.0898. The molecule has 0 spiro atoms. The van der Waals surface area contributed by atoms with E-state index in [1.807, 2.05) is 0 Å². The van der Waals surface area contributed by atoms with Gasteiger partial charge in [0.2, 0.25) is 5.95 Å². The summed E-state index contributed by atoms with van der Waals surface area (Å²) >= 11 is 5.85. The van der Waals surface area contributed by atoms with E-state index >= 15 is 0 Å². The number of anilines is 1. The van der Waals surface area contributed by atoms with Gasteiger partial charge in [0, 0.05) is 51.0 Å². The van der Waals surface area contributed by atoms with Gasteiger partial charge in [-0.05, 0) is 5.92 Å². The van der Waals surface area contributed by atoms with Crippen molar-refractivity contribution in [2.45, 2.75) is 31.7 Å². The summed E-state index contributed by atoms with van der Waals surface area (Å²) in [7, 11) is 1.59. The third-order valence-electron chi connectivity index (χ3n) is 5.63. The topological polar surface area (TPSA) is 102 Å². The number of hydrogen-bond donors (Lipinski definition) is 1. The number of piperidine rings is 1. The van der Waals surface area contributed by atoms with Crippen LogP contribution in [0.25, 0.3) is 11.4 Å². The van der Waals surface area contributed by atoms with Crippen LogP contribution in [0.15, 0.2) is 31.0 Å².